The highest BCUT2D eigenvalue weighted by Crippen LogP contribution is 2.22. The number of hydrogen-bond acceptors (Lipinski definition) is 6. The molecule has 0 fully saturated rings. The van der Waals surface area contributed by atoms with Gasteiger partial charge in [0.1, 0.15) is 5.69 Å². The van der Waals surface area contributed by atoms with Crippen LogP contribution in [0.5, 0.6) is 0 Å². The maximum atomic E-state index is 11.6. The molecule has 1 aliphatic heterocycles. The average Bonchev–Trinajstić information content (AvgIpc) is 2.86. The van der Waals surface area contributed by atoms with Gasteiger partial charge in [0.05, 0.1) is 17.3 Å². The van der Waals surface area contributed by atoms with Crippen molar-refractivity contribution >= 4 is 30.6 Å². The van der Waals surface area contributed by atoms with Gasteiger partial charge < -0.3 is 0 Å². The third kappa shape index (κ3) is 3.59. The minimum atomic E-state index is -0.506. The van der Waals surface area contributed by atoms with E-state index in [1.165, 1.54) is 0 Å². The highest BCUT2D eigenvalue weighted by Gasteiger charge is 2.34. The summed E-state index contributed by atoms with van der Waals surface area (Å²) in [6, 6.07) is 11.6. The third-order valence-electron chi connectivity index (χ3n) is 2.82. The van der Waals surface area contributed by atoms with Crippen LogP contribution in [0.1, 0.15) is 31.2 Å². The topological polar surface area (TPSA) is 96.8 Å². The van der Waals surface area contributed by atoms with Crippen LogP contribution >= 0.6 is 0 Å². The van der Waals surface area contributed by atoms with E-state index < -0.39 is 11.8 Å². The van der Waals surface area contributed by atoms with Crippen molar-refractivity contribution in [1.82, 2.24) is 9.99 Å². The summed E-state index contributed by atoms with van der Waals surface area (Å²) in [5, 5.41) is 4.14. The van der Waals surface area contributed by atoms with Crippen molar-refractivity contribution in [3.05, 3.63) is 65.5 Å². The molecule has 0 atom stereocenters. The monoisotopic (exact) mass is 309 g/mol. The molecular formula is C16H11N3O4. The lowest BCUT2D eigenvalue weighted by Gasteiger charge is -2.03. The Balaban J connectivity index is 0.000000203. The first-order valence-corrected chi connectivity index (χ1v) is 6.50. The third-order valence-corrected chi connectivity index (χ3v) is 2.82. The van der Waals surface area contributed by atoms with E-state index in [-0.39, 0.29) is 0 Å². The van der Waals surface area contributed by atoms with Crippen molar-refractivity contribution in [1.29, 1.82) is 0 Å². The highest BCUT2D eigenvalue weighted by atomic mass is 16.2. The fourth-order valence-electron chi connectivity index (χ4n) is 1.82. The number of aromatic nitrogens is 1. The minimum absolute atomic E-state index is 0.311. The van der Waals surface area contributed by atoms with E-state index in [0.717, 1.165) is 12.5 Å². The number of rotatable bonds is 3. The molecule has 0 radical (unpaired) electrons. The van der Waals surface area contributed by atoms with Gasteiger partial charge in [-0.15, -0.1) is 0 Å². The van der Waals surface area contributed by atoms with Gasteiger partial charge in [0, 0.05) is 6.20 Å². The summed E-state index contributed by atoms with van der Waals surface area (Å²) in [5.41, 5.74) is 1.10. The molecule has 0 saturated heterocycles. The minimum Gasteiger partial charge on any atom is -0.297 e. The van der Waals surface area contributed by atoms with Gasteiger partial charge in [-0.25, -0.2) is 0 Å². The smallest absolute Gasteiger partial charge is 0.282 e. The maximum Gasteiger partial charge on any atom is 0.282 e. The van der Waals surface area contributed by atoms with E-state index in [9.17, 15) is 19.2 Å². The van der Waals surface area contributed by atoms with Crippen molar-refractivity contribution in [3.63, 3.8) is 0 Å². The van der Waals surface area contributed by atoms with Gasteiger partial charge in [-0.1, -0.05) is 18.2 Å². The summed E-state index contributed by atoms with van der Waals surface area (Å²) >= 11 is 0. The summed E-state index contributed by atoms with van der Waals surface area (Å²) in [6.07, 6.45) is 3.58. The maximum absolute atomic E-state index is 11.6. The molecule has 0 spiro atoms. The molecule has 0 aliphatic carbocycles. The lowest BCUT2D eigenvalue weighted by atomic mass is 10.1. The zero-order valence-electron chi connectivity index (χ0n) is 11.8. The van der Waals surface area contributed by atoms with E-state index in [1.54, 1.807) is 48.7 Å². The number of imide groups is 1. The van der Waals surface area contributed by atoms with Gasteiger partial charge in [0.2, 0.25) is 0 Å². The second-order valence-electron chi connectivity index (χ2n) is 4.24. The number of carbonyl (C=O) groups excluding carboxylic acids is 4. The summed E-state index contributed by atoms with van der Waals surface area (Å²) < 4.78 is 0. The van der Waals surface area contributed by atoms with Crippen molar-refractivity contribution in [3.8, 4) is 0 Å². The first-order chi connectivity index (χ1) is 11.2. The molecule has 23 heavy (non-hydrogen) atoms. The SMILES string of the molecule is O=C/C=N/N1C(=O)c2ccccc2C1=O.O=Cc1ccccn1. The number of benzene rings is 1. The number of hydrazone groups is 1. The number of carbonyl (C=O) groups is 4. The zero-order chi connectivity index (χ0) is 16.7. The molecule has 2 aromatic rings. The largest absolute Gasteiger partial charge is 0.297 e. The Hall–Kier alpha value is -3.48. The molecule has 1 aromatic carbocycles. The van der Waals surface area contributed by atoms with Crippen molar-refractivity contribution in [2.24, 2.45) is 5.10 Å². The van der Waals surface area contributed by atoms with Crippen LogP contribution in [0.4, 0.5) is 0 Å². The molecule has 0 saturated carbocycles. The number of hydrogen-bond donors (Lipinski definition) is 0. The fraction of sp³-hybridized carbons (Fsp3) is 0. The Morgan fingerprint density at radius 3 is 1.96 bits per heavy atom. The van der Waals surface area contributed by atoms with E-state index in [2.05, 4.69) is 10.1 Å². The summed E-state index contributed by atoms with van der Waals surface area (Å²) in [6.45, 7) is 0. The molecule has 3 rings (SSSR count). The number of amides is 2. The molecule has 1 aromatic heterocycles. The summed E-state index contributed by atoms with van der Waals surface area (Å²) in [4.78, 5) is 46.9. The summed E-state index contributed by atoms with van der Waals surface area (Å²) in [5.74, 6) is -1.01. The average molecular weight is 309 g/mol. The van der Waals surface area contributed by atoms with Crippen molar-refractivity contribution in [2.45, 2.75) is 0 Å². The van der Waals surface area contributed by atoms with E-state index in [0.29, 0.717) is 28.1 Å². The normalized spacial score (nSPS) is 12.6. The molecule has 0 bridgehead atoms. The molecular weight excluding hydrogens is 298 g/mol. The molecule has 0 N–H and O–H groups in total. The van der Waals surface area contributed by atoms with Crippen LogP contribution in [0.25, 0.3) is 0 Å². The lowest BCUT2D eigenvalue weighted by Crippen LogP contribution is -2.23. The molecule has 1 aliphatic rings. The number of fused-ring (bicyclic) bond motifs is 1. The van der Waals surface area contributed by atoms with E-state index in [1.807, 2.05) is 0 Å². The van der Waals surface area contributed by atoms with Crippen LogP contribution in [-0.2, 0) is 4.79 Å². The van der Waals surface area contributed by atoms with E-state index >= 15 is 0 Å². The molecule has 0 unspecified atom stereocenters. The molecule has 7 heteroatoms. The molecule has 114 valence electrons. The van der Waals surface area contributed by atoms with Crippen molar-refractivity contribution < 1.29 is 19.2 Å². The van der Waals surface area contributed by atoms with Crippen LogP contribution in [0.3, 0.4) is 0 Å². The second-order valence-corrected chi connectivity index (χ2v) is 4.24. The van der Waals surface area contributed by atoms with Gasteiger partial charge in [-0.2, -0.15) is 10.1 Å². The number of aldehydes is 2. The fourth-order valence-corrected chi connectivity index (χ4v) is 1.82. The Bertz CT molecular complexity index is 737. The first-order valence-electron chi connectivity index (χ1n) is 6.50. The number of pyridine rings is 1. The van der Waals surface area contributed by atoms with Crippen LogP contribution in [0.2, 0.25) is 0 Å². The van der Waals surface area contributed by atoms with Gasteiger partial charge in [-0.3, -0.25) is 24.2 Å². The predicted octanol–water partition coefficient (Wildman–Crippen LogP) is 1.36. The van der Waals surface area contributed by atoms with Crippen LogP contribution in [0, 0.1) is 0 Å². The van der Waals surface area contributed by atoms with E-state index in [4.69, 9.17) is 0 Å². The molecule has 7 nitrogen and oxygen atoms in total. The van der Waals surface area contributed by atoms with Crippen LogP contribution in [-0.4, -0.2) is 40.6 Å². The Morgan fingerprint density at radius 1 is 0.913 bits per heavy atom. The van der Waals surface area contributed by atoms with Gasteiger partial charge >= 0.3 is 0 Å². The Morgan fingerprint density at radius 2 is 1.52 bits per heavy atom. The Labute approximate surface area is 131 Å². The zero-order valence-corrected chi connectivity index (χ0v) is 11.8. The molecule has 2 amide bonds. The lowest BCUT2D eigenvalue weighted by molar-refractivity contribution is -0.102. The van der Waals surface area contributed by atoms with Gasteiger partial charge in [0.15, 0.2) is 12.6 Å². The number of nitrogens with zero attached hydrogens (tertiary/aromatic N) is 3. The standard InChI is InChI=1S/C10H6N2O3.C6H5NO/c13-6-5-11-12-9(14)7-3-1-2-4-8(7)10(12)15;8-5-6-3-1-2-4-7-6/h1-6H;1-5H/b11-5+;. The van der Waals surface area contributed by atoms with Gasteiger partial charge in [0.25, 0.3) is 11.8 Å². The quantitative estimate of drug-likeness (QED) is 0.484. The van der Waals surface area contributed by atoms with Crippen LogP contribution < -0.4 is 0 Å². The van der Waals surface area contributed by atoms with Gasteiger partial charge in [-0.05, 0) is 24.3 Å². The van der Waals surface area contributed by atoms with Crippen LogP contribution in [0.15, 0.2) is 53.8 Å². The Kier molecular flexibility index (Phi) is 5.19. The first kappa shape index (κ1) is 15.9. The predicted molar refractivity (Wildman–Crippen MR) is 81.1 cm³/mol. The second kappa shape index (κ2) is 7.51. The molecule has 2 heterocycles. The van der Waals surface area contributed by atoms with Crippen molar-refractivity contribution in [2.75, 3.05) is 0 Å². The highest BCUT2D eigenvalue weighted by molar-refractivity contribution is 6.22. The summed E-state index contributed by atoms with van der Waals surface area (Å²) in [7, 11) is 0.